The van der Waals surface area contributed by atoms with Crippen LogP contribution in [0.15, 0.2) is 12.7 Å². The number of hydrogen-bond donors (Lipinski definition) is 4. The average Bonchev–Trinajstić information content (AvgIpc) is 3.24. The van der Waals surface area contributed by atoms with Crippen LogP contribution in [0.5, 0.6) is 0 Å². The molecule has 29 heavy (non-hydrogen) atoms. The highest BCUT2D eigenvalue weighted by molar-refractivity contribution is 8.00. The van der Waals surface area contributed by atoms with Gasteiger partial charge in [0.2, 0.25) is 11.8 Å². The maximum Gasteiger partial charge on any atom is 0.315 e. The Morgan fingerprint density at radius 1 is 1.17 bits per heavy atom. The van der Waals surface area contributed by atoms with E-state index in [-0.39, 0.29) is 42.3 Å². The Labute approximate surface area is 176 Å². The molecule has 2 rings (SSSR count). The Balaban J connectivity index is 1.48. The number of amides is 4. The summed E-state index contributed by atoms with van der Waals surface area (Å²) in [7, 11) is 0. The zero-order valence-electron chi connectivity index (χ0n) is 16.8. The summed E-state index contributed by atoms with van der Waals surface area (Å²) in [6, 6.07) is 0.391. The van der Waals surface area contributed by atoms with E-state index in [2.05, 4.69) is 27.8 Å². The van der Waals surface area contributed by atoms with Crippen molar-refractivity contribution < 1.29 is 19.2 Å². The van der Waals surface area contributed by atoms with Crippen LogP contribution in [0.3, 0.4) is 0 Å². The molecule has 2 aliphatic heterocycles. The number of carbonyl (C=O) groups excluding carboxylic acids is 4. The van der Waals surface area contributed by atoms with Gasteiger partial charge >= 0.3 is 6.03 Å². The fourth-order valence-electron chi connectivity index (χ4n) is 3.66. The highest BCUT2D eigenvalue weighted by Crippen LogP contribution is 2.33. The standard InChI is InChI=1S/C20H32N4O4S/c1-2-6-14(9-12-25)19(27)22-11-5-10-21-17(26)8-4-3-7-16-18-15(13-29-16)23-20(28)24-18/h2,12,14-16,18H,1,3-11,13H2,(H,21,26)(H,22,27)(H2,23,24,28)/t14?,15-,16-,18-/m0/s1. The van der Waals surface area contributed by atoms with Crippen molar-refractivity contribution in [3.63, 3.8) is 0 Å². The van der Waals surface area contributed by atoms with Gasteiger partial charge in [0.25, 0.3) is 0 Å². The molecule has 0 spiro atoms. The first-order valence-electron chi connectivity index (χ1n) is 10.3. The largest absolute Gasteiger partial charge is 0.356 e. The van der Waals surface area contributed by atoms with Gasteiger partial charge in [-0.05, 0) is 25.7 Å². The first-order chi connectivity index (χ1) is 14.0. The molecular weight excluding hydrogens is 392 g/mol. The van der Waals surface area contributed by atoms with Gasteiger partial charge in [-0.3, -0.25) is 9.59 Å². The molecule has 4 atom stereocenters. The summed E-state index contributed by atoms with van der Waals surface area (Å²) in [6.07, 6.45) is 6.98. The minimum atomic E-state index is -0.360. The number of nitrogens with one attached hydrogen (secondary N) is 4. The Hall–Kier alpha value is -2.03. The molecule has 0 aromatic carbocycles. The molecule has 8 nitrogen and oxygen atoms in total. The summed E-state index contributed by atoms with van der Waals surface area (Å²) < 4.78 is 0. The van der Waals surface area contributed by atoms with Gasteiger partial charge in [0.1, 0.15) is 6.29 Å². The Morgan fingerprint density at radius 3 is 2.72 bits per heavy atom. The molecule has 9 heteroatoms. The second-order valence-electron chi connectivity index (χ2n) is 7.49. The van der Waals surface area contributed by atoms with Crippen LogP contribution in [-0.4, -0.2) is 60.3 Å². The average molecular weight is 425 g/mol. The summed E-state index contributed by atoms with van der Waals surface area (Å²) in [5.41, 5.74) is 0. The van der Waals surface area contributed by atoms with E-state index in [1.54, 1.807) is 6.08 Å². The van der Waals surface area contributed by atoms with Crippen molar-refractivity contribution in [1.82, 2.24) is 21.3 Å². The highest BCUT2D eigenvalue weighted by atomic mass is 32.2. The van der Waals surface area contributed by atoms with Crippen molar-refractivity contribution in [2.45, 2.75) is 62.3 Å². The zero-order valence-corrected chi connectivity index (χ0v) is 17.6. The third kappa shape index (κ3) is 7.72. The topological polar surface area (TPSA) is 116 Å². The van der Waals surface area contributed by atoms with Crippen molar-refractivity contribution in [1.29, 1.82) is 0 Å². The van der Waals surface area contributed by atoms with Crippen molar-refractivity contribution in [3.05, 3.63) is 12.7 Å². The Morgan fingerprint density at radius 2 is 1.97 bits per heavy atom. The molecule has 4 N–H and O–H groups in total. The van der Waals surface area contributed by atoms with Crippen LogP contribution < -0.4 is 21.3 Å². The van der Waals surface area contributed by atoms with Crippen molar-refractivity contribution in [2.75, 3.05) is 18.8 Å². The molecule has 1 unspecified atom stereocenters. The smallest absolute Gasteiger partial charge is 0.315 e. The van der Waals surface area contributed by atoms with E-state index < -0.39 is 0 Å². The van der Waals surface area contributed by atoms with Gasteiger partial charge in [-0.15, -0.1) is 6.58 Å². The summed E-state index contributed by atoms with van der Waals surface area (Å²) in [5.74, 6) is 0.467. The molecule has 2 heterocycles. The molecule has 0 aliphatic carbocycles. The number of allylic oxidation sites excluding steroid dienone is 1. The van der Waals surface area contributed by atoms with Gasteiger partial charge in [-0.1, -0.05) is 12.5 Å². The number of thioether (sulfide) groups is 1. The Kier molecular flexibility index (Phi) is 10.0. The van der Waals surface area contributed by atoms with E-state index in [1.165, 1.54) is 0 Å². The van der Waals surface area contributed by atoms with Crippen LogP contribution in [0.25, 0.3) is 0 Å². The number of unbranched alkanes of at least 4 members (excludes halogenated alkanes) is 1. The zero-order chi connectivity index (χ0) is 21.1. The van der Waals surface area contributed by atoms with E-state index in [0.717, 1.165) is 31.3 Å². The lowest BCUT2D eigenvalue weighted by atomic mass is 10.0. The van der Waals surface area contributed by atoms with E-state index in [9.17, 15) is 19.2 Å². The minimum Gasteiger partial charge on any atom is -0.356 e. The number of urea groups is 1. The normalized spacial score (nSPS) is 23.4. The van der Waals surface area contributed by atoms with E-state index in [1.807, 2.05) is 11.8 Å². The fourth-order valence-corrected chi connectivity index (χ4v) is 5.21. The summed E-state index contributed by atoms with van der Waals surface area (Å²) >= 11 is 1.89. The second-order valence-corrected chi connectivity index (χ2v) is 8.76. The van der Waals surface area contributed by atoms with Crippen molar-refractivity contribution in [3.8, 4) is 0 Å². The Bertz CT molecular complexity index is 591. The number of hydrogen-bond acceptors (Lipinski definition) is 5. The van der Waals surface area contributed by atoms with Gasteiger partial charge in [0, 0.05) is 42.9 Å². The molecule has 2 aliphatic rings. The number of aldehydes is 1. The van der Waals surface area contributed by atoms with Crippen LogP contribution >= 0.6 is 11.8 Å². The van der Waals surface area contributed by atoms with Crippen LogP contribution in [-0.2, 0) is 14.4 Å². The lowest BCUT2D eigenvalue weighted by Crippen LogP contribution is -2.36. The first kappa shape index (κ1) is 23.3. The van der Waals surface area contributed by atoms with E-state index in [4.69, 9.17) is 0 Å². The SMILES string of the molecule is C=CCC(CC=O)C(=O)NCCCNC(=O)CCCC[C@@H]1SC[C@@H]2NC(=O)N[C@@H]21. The molecule has 0 bridgehead atoms. The maximum absolute atomic E-state index is 12.0. The number of fused-ring (bicyclic) bond motifs is 1. The summed E-state index contributed by atoms with van der Waals surface area (Å²) in [6.45, 7) is 4.58. The highest BCUT2D eigenvalue weighted by Gasteiger charge is 2.42. The predicted octanol–water partition coefficient (Wildman–Crippen LogP) is 1.12. The quantitative estimate of drug-likeness (QED) is 0.144. The fraction of sp³-hybridized carbons (Fsp3) is 0.700. The summed E-state index contributed by atoms with van der Waals surface area (Å²) in [5, 5.41) is 12.0. The molecular formula is C20H32N4O4S. The first-order valence-corrected chi connectivity index (χ1v) is 11.4. The van der Waals surface area contributed by atoms with Gasteiger partial charge in [0.15, 0.2) is 0 Å². The molecule has 4 amide bonds. The van der Waals surface area contributed by atoms with Gasteiger partial charge in [-0.2, -0.15) is 11.8 Å². The van der Waals surface area contributed by atoms with E-state index in [0.29, 0.717) is 37.6 Å². The molecule has 2 fully saturated rings. The molecule has 0 aromatic rings. The summed E-state index contributed by atoms with van der Waals surface area (Å²) in [4.78, 5) is 45.9. The predicted molar refractivity (Wildman–Crippen MR) is 114 cm³/mol. The molecule has 162 valence electrons. The molecule has 0 aromatic heterocycles. The molecule has 0 radical (unpaired) electrons. The van der Waals surface area contributed by atoms with Gasteiger partial charge in [0.05, 0.1) is 12.1 Å². The van der Waals surface area contributed by atoms with Crippen LogP contribution in [0.2, 0.25) is 0 Å². The third-order valence-electron chi connectivity index (χ3n) is 5.26. The van der Waals surface area contributed by atoms with Crippen LogP contribution in [0.4, 0.5) is 4.79 Å². The molecule has 2 saturated heterocycles. The number of rotatable bonds is 14. The van der Waals surface area contributed by atoms with Crippen molar-refractivity contribution in [2.24, 2.45) is 5.92 Å². The third-order valence-corrected chi connectivity index (χ3v) is 6.77. The number of carbonyl (C=O) groups is 4. The second kappa shape index (κ2) is 12.5. The van der Waals surface area contributed by atoms with E-state index >= 15 is 0 Å². The van der Waals surface area contributed by atoms with Gasteiger partial charge in [-0.25, -0.2) is 4.79 Å². The monoisotopic (exact) mass is 424 g/mol. The lowest BCUT2D eigenvalue weighted by Gasteiger charge is -2.16. The molecule has 0 saturated carbocycles. The van der Waals surface area contributed by atoms with Crippen LogP contribution in [0.1, 0.15) is 44.9 Å². The van der Waals surface area contributed by atoms with Gasteiger partial charge < -0.3 is 26.1 Å². The maximum atomic E-state index is 12.0. The van der Waals surface area contributed by atoms with Crippen molar-refractivity contribution >= 4 is 35.9 Å². The minimum absolute atomic E-state index is 0.0228. The van der Waals surface area contributed by atoms with Crippen LogP contribution in [0, 0.1) is 5.92 Å². The lowest BCUT2D eigenvalue weighted by molar-refractivity contribution is -0.126.